The van der Waals surface area contributed by atoms with Gasteiger partial charge in [-0.15, -0.1) is 0 Å². The third-order valence-electron chi connectivity index (χ3n) is 9.38. The van der Waals surface area contributed by atoms with Crippen LogP contribution >= 0.6 is 0 Å². The summed E-state index contributed by atoms with van der Waals surface area (Å²) in [4.78, 5) is 9.44. The first-order chi connectivity index (χ1) is 16.8. The fourth-order valence-electron chi connectivity index (χ4n) is 6.81. The molecule has 2 nitrogen and oxygen atoms in total. The summed E-state index contributed by atoms with van der Waals surface area (Å²) in [6, 6.07) is 0. The zero-order valence-corrected chi connectivity index (χ0v) is 22.9. The maximum atomic E-state index is 4.72. The lowest BCUT2D eigenvalue weighted by Gasteiger charge is -2.37. The van der Waals surface area contributed by atoms with E-state index in [4.69, 9.17) is 9.97 Å². The second-order valence-corrected chi connectivity index (χ2v) is 11.9. The summed E-state index contributed by atoms with van der Waals surface area (Å²) >= 11 is 0. The highest BCUT2D eigenvalue weighted by Crippen LogP contribution is 2.42. The lowest BCUT2D eigenvalue weighted by atomic mass is 9.68. The molecule has 0 unspecified atom stereocenters. The van der Waals surface area contributed by atoms with Crippen LogP contribution in [0.3, 0.4) is 0 Å². The van der Waals surface area contributed by atoms with E-state index in [1.54, 1.807) is 0 Å². The average Bonchev–Trinajstić information content (AvgIpc) is 2.89. The zero-order valence-electron chi connectivity index (χ0n) is 22.9. The predicted molar refractivity (Wildman–Crippen MR) is 147 cm³/mol. The van der Waals surface area contributed by atoms with Crippen molar-refractivity contribution in [2.45, 2.75) is 155 Å². The van der Waals surface area contributed by atoms with Crippen molar-refractivity contribution in [3.8, 4) is 0 Å². The summed E-state index contributed by atoms with van der Waals surface area (Å²) < 4.78 is 0. The van der Waals surface area contributed by atoms with Crippen molar-refractivity contribution in [2.75, 3.05) is 0 Å². The third kappa shape index (κ3) is 10.4. The van der Waals surface area contributed by atoms with E-state index >= 15 is 0 Å². The molecule has 0 bridgehead atoms. The second-order valence-electron chi connectivity index (χ2n) is 11.9. The van der Waals surface area contributed by atoms with E-state index in [2.05, 4.69) is 26.2 Å². The Labute approximate surface area is 212 Å². The van der Waals surface area contributed by atoms with E-state index in [1.165, 1.54) is 134 Å². The Balaban J connectivity index is 1.20. The van der Waals surface area contributed by atoms with Crippen LogP contribution in [0.2, 0.25) is 0 Å². The molecule has 0 spiro atoms. The number of nitrogens with zero attached hydrogens (tertiary/aromatic N) is 2. The van der Waals surface area contributed by atoms with Crippen LogP contribution in [0.25, 0.3) is 0 Å². The Hall–Kier alpha value is -0.920. The standard InChI is InChI=1S/C32H56N2/c1-3-5-6-7-8-9-10-11-12-13-14-29-25-33-32(34-26-29)24-19-28-17-22-31(23-18-28)30-20-15-27(4-2)16-21-30/h25-28,30-31H,3-24H2,1-2H3/t27-,28-,30-,31-. The molecule has 3 rings (SSSR count). The fraction of sp³-hybridized carbons (Fsp3) is 0.875. The molecule has 194 valence electrons. The Bertz CT molecular complexity index is 608. The van der Waals surface area contributed by atoms with Crippen LogP contribution in [0, 0.1) is 23.7 Å². The van der Waals surface area contributed by atoms with Gasteiger partial charge >= 0.3 is 0 Å². The van der Waals surface area contributed by atoms with Gasteiger partial charge in [0.05, 0.1) is 0 Å². The van der Waals surface area contributed by atoms with E-state index in [-0.39, 0.29) is 0 Å². The quantitative estimate of drug-likeness (QED) is 0.225. The van der Waals surface area contributed by atoms with Crippen molar-refractivity contribution < 1.29 is 0 Å². The molecule has 0 atom stereocenters. The summed E-state index contributed by atoms with van der Waals surface area (Å²) in [6.07, 6.45) is 35.1. The van der Waals surface area contributed by atoms with Crippen molar-refractivity contribution in [3.05, 3.63) is 23.8 Å². The van der Waals surface area contributed by atoms with Gasteiger partial charge < -0.3 is 0 Å². The van der Waals surface area contributed by atoms with Gasteiger partial charge in [-0.1, -0.05) is 104 Å². The molecule has 34 heavy (non-hydrogen) atoms. The summed E-state index contributed by atoms with van der Waals surface area (Å²) in [5.41, 5.74) is 1.33. The molecular weight excluding hydrogens is 412 g/mol. The van der Waals surface area contributed by atoms with Crippen LogP contribution in [0.5, 0.6) is 0 Å². The van der Waals surface area contributed by atoms with E-state index in [0.29, 0.717) is 0 Å². The van der Waals surface area contributed by atoms with Crippen LogP contribution in [-0.2, 0) is 12.8 Å². The summed E-state index contributed by atoms with van der Waals surface area (Å²) in [6.45, 7) is 4.68. The first-order valence-corrected chi connectivity index (χ1v) is 15.6. The van der Waals surface area contributed by atoms with E-state index in [1.807, 2.05) is 0 Å². The first kappa shape index (κ1) is 27.7. The second kappa shape index (κ2) is 16.7. The fourth-order valence-corrected chi connectivity index (χ4v) is 6.81. The lowest BCUT2D eigenvalue weighted by molar-refractivity contribution is 0.142. The van der Waals surface area contributed by atoms with Gasteiger partial charge in [0.1, 0.15) is 5.82 Å². The highest BCUT2D eigenvalue weighted by molar-refractivity contribution is 5.05. The molecule has 2 heteroatoms. The van der Waals surface area contributed by atoms with Gasteiger partial charge in [0.15, 0.2) is 0 Å². The number of unbranched alkanes of at least 4 members (excludes halogenated alkanes) is 9. The largest absolute Gasteiger partial charge is 0.241 e. The predicted octanol–water partition coefficient (Wildman–Crippen LogP) is 9.90. The number of hydrogen-bond acceptors (Lipinski definition) is 2. The minimum Gasteiger partial charge on any atom is -0.241 e. The molecule has 0 aromatic carbocycles. The molecule has 2 fully saturated rings. The molecule has 1 heterocycles. The Morgan fingerprint density at radius 3 is 1.62 bits per heavy atom. The zero-order chi connectivity index (χ0) is 23.8. The average molecular weight is 469 g/mol. The Morgan fingerprint density at radius 1 is 0.588 bits per heavy atom. The molecule has 2 saturated carbocycles. The molecule has 0 aliphatic heterocycles. The Morgan fingerprint density at radius 2 is 1.09 bits per heavy atom. The molecule has 0 amide bonds. The molecule has 0 saturated heterocycles. The molecule has 1 aromatic heterocycles. The van der Waals surface area contributed by atoms with E-state index in [9.17, 15) is 0 Å². The van der Waals surface area contributed by atoms with E-state index in [0.717, 1.165) is 42.3 Å². The van der Waals surface area contributed by atoms with Crippen molar-refractivity contribution >= 4 is 0 Å². The normalized spacial score (nSPS) is 25.5. The van der Waals surface area contributed by atoms with Crippen molar-refractivity contribution in [1.29, 1.82) is 0 Å². The lowest BCUT2D eigenvalue weighted by Crippen LogP contribution is -2.26. The highest BCUT2D eigenvalue weighted by atomic mass is 14.9. The maximum absolute atomic E-state index is 4.72. The van der Waals surface area contributed by atoms with Gasteiger partial charge in [0.2, 0.25) is 0 Å². The topological polar surface area (TPSA) is 25.8 Å². The minimum atomic E-state index is 0.915. The van der Waals surface area contributed by atoms with Crippen molar-refractivity contribution in [2.24, 2.45) is 23.7 Å². The maximum Gasteiger partial charge on any atom is 0.128 e. The molecular formula is C32H56N2. The van der Waals surface area contributed by atoms with Gasteiger partial charge in [0.25, 0.3) is 0 Å². The number of aryl methyl sites for hydroxylation is 2. The summed E-state index contributed by atoms with van der Waals surface area (Å²) in [5, 5.41) is 0. The van der Waals surface area contributed by atoms with Crippen LogP contribution in [0.15, 0.2) is 12.4 Å². The first-order valence-electron chi connectivity index (χ1n) is 15.6. The third-order valence-corrected chi connectivity index (χ3v) is 9.38. The summed E-state index contributed by atoms with van der Waals surface area (Å²) in [7, 11) is 0. The highest BCUT2D eigenvalue weighted by Gasteiger charge is 2.30. The molecule has 0 radical (unpaired) electrons. The van der Waals surface area contributed by atoms with Gasteiger partial charge in [-0.2, -0.15) is 0 Å². The van der Waals surface area contributed by atoms with Crippen LogP contribution in [0.1, 0.15) is 154 Å². The minimum absolute atomic E-state index is 0.915. The van der Waals surface area contributed by atoms with E-state index < -0.39 is 0 Å². The molecule has 0 N–H and O–H groups in total. The van der Waals surface area contributed by atoms with Gasteiger partial charge in [-0.05, 0) is 74.2 Å². The van der Waals surface area contributed by atoms with Gasteiger partial charge in [0, 0.05) is 18.8 Å². The number of rotatable bonds is 16. The smallest absolute Gasteiger partial charge is 0.128 e. The number of aromatic nitrogens is 2. The van der Waals surface area contributed by atoms with Crippen LogP contribution in [-0.4, -0.2) is 9.97 Å². The Kier molecular flexibility index (Phi) is 13.6. The van der Waals surface area contributed by atoms with Gasteiger partial charge in [-0.3, -0.25) is 0 Å². The van der Waals surface area contributed by atoms with Crippen molar-refractivity contribution in [1.82, 2.24) is 9.97 Å². The van der Waals surface area contributed by atoms with Crippen LogP contribution in [0.4, 0.5) is 0 Å². The molecule has 1 aromatic rings. The number of hydrogen-bond donors (Lipinski definition) is 0. The van der Waals surface area contributed by atoms with Crippen LogP contribution < -0.4 is 0 Å². The summed E-state index contributed by atoms with van der Waals surface area (Å²) in [5.74, 6) is 5.12. The molecule has 2 aliphatic carbocycles. The van der Waals surface area contributed by atoms with Gasteiger partial charge in [-0.25, -0.2) is 9.97 Å². The van der Waals surface area contributed by atoms with Crippen molar-refractivity contribution in [3.63, 3.8) is 0 Å². The molecule has 2 aliphatic rings. The SMILES string of the molecule is CCCCCCCCCCCCc1cnc(CC[C@H]2CC[C@H]([C@H]3CC[C@H](CC)CC3)CC2)nc1. The monoisotopic (exact) mass is 468 g/mol.